The summed E-state index contributed by atoms with van der Waals surface area (Å²) in [6.07, 6.45) is 6.20. The Balaban J connectivity index is 1.93. The van der Waals surface area contributed by atoms with Gasteiger partial charge in [-0.1, -0.05) is 24.6 Å². The van der Waals surface area contributed by atoms with Crippen LogP contribution in [0.1, 0.15) is 37.7 Å². The average molecular weight is 252 g/mol. The summed E-state index contributed by atoms with van der Waals surface area (Å²) in [7, 11) is 0. The first kappa shape index (κ1) is 12.0. The van der Waals surface area contributed by atoms with Crippen molar-refractivity contribution in [2.24, 2.45) is 0 Å². The molecule has 1 aromatic heterocycles. The summed E-state index contributed by atoms with van der Waals surface area (Å²) < 4.78 is 5.94. The Bertz CT molecular complexity index is 624. The van der Waals surface area contributed by atoms with E-state index in [1.165, 1.54) is 19.3 Å². The fraction of sp³-hybridized carbons (Fsp3) is 0.375. The van der Waals surface area contributed by atoms with E-state index in [0.717, 1.165) is 23.7 Å². The zero-order chi connectivity index (χ0) is 13.1. The number of hydrogen-bond donors (Lipinski definition) is 0. The number of nitrogens with zero attached hydrogens (tertiary/aromatic N) is 2. The molecule has 0 unspecified atom stereocenters. The van der Waals surface area contributed by atoms with Gasteiger partial charge in [-0.3, -0.25) is 0 Å². The van der Waals surface area contributed by atoms with Crippen LogP contribution in [0.2, 0.25) is 0 Å². The summed E-state index contributed by atoms with van der Waals surface area (Å²) in [6, 6.07) is 11.7. The van der Waals surface area contributed by atoms with Gasteiger partial charge in [0, 0.05) is 11.5 Å². The minimum Gasteiger partial charge on any atom is -0.474 e. The molecule has 19 heavy (non-hydrogen) atoms. The lowest BCUT2D eigenvalue weighted by Crippen LogP contribution is -2.20. The summed E-state index contributed by atoms with van der Waals surface area (Å²) >= 11 is 0. The largest absolute Gasteiger partial charge is 0.474 e. The molecule has 0 bridgehead atoms. The molecule has 96 valence electrons. The summed E-state index contributed by atoms with van der Waals surface area (Å²) in [5.74, 6) is 0.585. The van der Waals surface area contributed by atoms with Gasteiger partial charge in [0.25, 0.3) is 0 Å². The summed E-state index contributed by atoms with van der Waals surface area (Å²) in [4.78, 5) is 4.50. The van der Waals surface area contributed by atoms with Gasteiger partial charge >= 0.3 is 0 Å². The van der Waals surface area contributed by atoms with Crippen LogP contribution in [-0.4, -0.2) is 11.1 Å². The van der Waals surface area contributed by atoms with E-state index < -0.39 is 0 Å². The molecule has 0 spiro atoms. The molecule has 1 heterocycles. The zero-order valence-electron chi connectivity index (χ0n) is 10.8. The Labute approximate surface area is 112 Å². The molecule has 1 fully saturated rings. The van der Waals surface area contributed by atoms with Crippen molar-refractivity contribution < 1.29 is 4.74 Å². The molecule has 0 radical (unpaired) electrons. The van der Waals surface area contributed by atoms with Crippen LogP contribution in [-0.2, 0) is 0 Å². The predicted octanol–water partition coefficient (Wildman–Crippen LogP) is 3.82. The fourth-order valence-electron chi connectivity index (χ4n) is 2.66. The number of hydrogen-bond acceptors (Lipinski definition) is 3. The van der Waals surface area contributed by atoms with Crippen molar-refractivity contribution in [3.8, 4) is 11.9 Å². The Hall–Kier alpha value is -2.08. The van der Waals surface area contributed by atoms with Crippen LogP contribution in [0.15, 0.2) is 30.3 Å². The summed E-state index contributed by atoms with van der Waals surface area (Å²) in [6.45, 7) is 0. The Kier molecular flexibility index (Phi) is 3.33. The molecule has 3 rings (SSSR count). The van der Waals surface area contributed by atoms with Crippen molar-refractivity contribution in [2.45, 2.75) is 38.2 Å². The van der Waals surface area contributed by atoms with E-state index >= 15 is 0 Å². The number of rotatable bonds is 2. The first-order chi connectivity index (χ1) is 9.36. The van der Waals surface area contributed by atoms with Gasteiger partial charge in [0.2, 0.25) is 5.88 Å². The molecule has 0 aliphatic heterocycles. The average Bonchev–Trinajstić information content (AvgIpc) is 2.47. The van der Waals surface area contributed by atoms with Crippen LogP contribution < -0.4 is 4.74 Å². The van der Waals surface area contributed by atoms with E-state index in [9.17, 15) is 5.26 Å². The number of para-hydroxylation sites is 1. The standard InChI is InChI=1S/C16H16N2O/c17-11-12-10-16(19-13-6-2-1-3-7-13)18-15-9-5-4-8-14(12)15/h4-5,8-10,13H,1-3,6-7H2. The predicted molar refractivity (Wildman–Crippen MR) is 74.0 cm³/mol. The van der Waals surface area contributed by atoms with Gasteiger partial charge in [-0.25, -0.2) is 4.98 Å². The van der Waals surface area contributed by atoms with Crippen molar-refractivity contribution >= 4 is 10.9 Å². The number of aromatic nitrogens is 1. The first-order valence-electron chi connectivity index (χ1n) is 6.83. The quantitative estimate of drug-likeness (QED) is 0.816. The van der Waals surface area contributed by atoms with Crippen molar-refractivity contribution in [2.75, 3.05) is 0 Å². The van der Waals surface area contributed by atoms with E-state index in [2.05, 4.69) is 11.1 Å². The molecular weight excluding hydrogens is 236 g/mol. The third-order valence-corrected chi connectivity index (χ3v) is 3.65. The van der Waals surface area contributed by atoms with Crippen LogP contribution >= 0.6 is 0 Å². The number of ether oxygens (including phenoxy) is 1. The van der Waals surface area contributed by atoms with Crippen molar-refractivity contribution in [1.82, 2.24) is 4.98 Å². The van der Waals surface area contributed by atoms with E-state index in [1.54, 1.807) is 6.07 Å². The third kappa shape index (κ3) is 2.53. The molecule has 0 amide bonds. The van der Waals surface area contributed by atoms with Crippen molar-refractivity contribution in [3.63, 3.8) is 0 Å². The van der Waals surface area contributed by atoms with E-state index in [1.807, 2.05) is 24.3 Å². The van der Waals surface area contributed by atoms with E-state index in [0.29, 0.717) is 11.4 Å². The molecule has 1 aliphatic carbocycles. The number of fused-ring (bicyclic) bond motifs is 1. The highest BCUT2D eigenvalue weighted by Gasteiger charge is 2.16. The van der Waals surface area contributed by atoms with Gasteiger partial charge in [0.1, 0.15) is 12.2 Å². The normalized spacial score (nSPS) is 16.2. The summed E-state index contributed by atoms with van der Waals surface area (Å²) in [5.41, 5.74) is 1.46. The molecule has 0 N–H and O–H groups in total. The highest BCUT2D eigenvalue weighted by molar-refractivity contribution is 5.85. The maximum atomic E-state index is 9.23. The Morgan fingerprint density at radius 2 is 1.95 bits per heavy atom. The van der Waals surface area contributed by atoms with Gasteiger partial charge in [-0.15, -0.1) is 0 Å². The van der Waals surface area contributed by atoms with Crippen LogP contribution in [0.25, 0.3) is 10.9 Å². The van der Waals surface area contributed by atoms with Crippen LogP contribution in [0.5, 0.6) is 5.88 Å². The van der Waals surface area contributed by atoms with Gasteiger partial charge in [0.05, 0.1) is 11.1 Å². The molecule has 0 atom stereocenters. The smallest absolute Gasteiger partial charge is 0.215 e. The second-order valence-electron chi connectivity index (χ2n) is 5.01. The van der Waals surface area contributed by atoms with Gasteiger partial charge in [-0.05, 0) is 31.7 Å². The van der Waals surface area contributed by atoms with Gasteiger partial charge in [0.15, 0.2) is 0 Å². The lowest BCUT2D eigenvalue weighted by molar-refractivity contribution is 0.149. The molecule has 2 aromatic rings. The molecule has 1 aliphatic rings. The monoisotopic (exact) mass is 252 g/mol. The fourth-order valence-corrected chi connectivity index (χ4v) is 2.66. The van der Waals surface area contributed by atoms with Crippen LogP contribution in [0, 0.1) is 11.3 Å². The van der Waals surface area contributed by atoms with E-state index in [4.69, 9.17) is 4.74 Å². The van der Waals surface area contributed by atoms with Crippen LogP contribution in [0.4, 0.5) is 0 Å². The molecule has 3 heteroatoms. The second kappa shape index (κ2) is 5.27. The second-order valence-corrected chi connectivity index (χ2v) is 5.01. The van der Waals surface area contributed by atoms with E-state index in [-0.39, 0.29) is 6.10 Å². The maximum absolute atomic E-state index is 9.23. The minimum atomic E-state index is 0.258. The highest BCUT2D eigenvalue weighted by Crippen LogP contribution is 2.25. The maximum Gasteiger partial charge on any atom is 0.215 e. The lowest BCUT2D eigenvalue weighted by atomic mass is 9.98. The van der Waals surface area contributed by atoms with Gasteiger partial charge < -0.3 is 4.74 Å². The molecule has 0 saturated heterocycles. The number of benzene rings is 1. The Morgan fingerprint density at radius 3 is 2.74 bits per heavy atom. The van der Waals surface area contributed by atoms with Gasteiger partial charge in [-0.2, -0.15) is 5.26 Å². The van der Waals surface area contributed by atoms with Crippen molar-refractivity contribution in [1.29, 1.82) is 5.26 Å². The molecule has 1 aromatic carbocycles. The first-order valence-corrected chi connectivity index (χ1v) is 6.83. The zero-order valence-corrected chi connectivity index (χ0v) is 10.8. The third-order valence-electron chi connectivity index (χ3n) is 3.65. The Morgan fingerprint density at radius 1 is 1.16 bits per heavy atom. The number of nitriles is 1. The highest BCUT2D eigenvalue weighted by atomic mass is 16.5. The van der Waals surface area contributed by atoms with Crippen molar-refractivity contribution in [3.05, 3.63) is 35.9 Å². The number of pyridine rings is 1. The summed E-state index contributed by atoms with van der Waals surface area (Å²) in [5, 5.41) is 10.1. The van der Waals surface area contributed by atoms with Crippen LogP contribution in [0.3, 0.4) is 0 Å². The lowest BCUT2D eigenvalue weighted by Gasteiger charge is -2.22. The SMILES string of the molecule is N#Cc1cc(OC2CCCCC2)nc2ccccc12. The molecule has 3 nitrogen and oxygen atoms in total. The minimum absolute atomic E-state index is 0.258. The topological polar surface area (TPSA) is 45.9 Å². The molecule has 1 saturated carbocycles. The molecular formula is C16H16N2O.